The van der Waals surface area contributed by atoms with Gasteiger partial charge >= 0.3 is 0 Å². The van der Waals surface area contributed by atoms with Crippen molar-refractivity contribution in [2.24, 2.45) is 0 Å². The zero-order chi connectivity index (χ0) is 23.3. The first-order chi connectivity index (χ1) is 15.3. The Morgan fingerprint density at radius 3 is 2.38 bits per heavy atom. The predicted octanol–water partition coefficient (Wildman–Crippen LogP) is 5.88. The maximum Gasteiger partial charge on any atom is 0.270 e. The molecule has 0 unspecified atom stereocenters. The van der Waals surface area contributed by atoms with E-state index in [1.165, 1.54) is 12.1 Å². The van der Waals surface area contributed by atoms with Crippen molar-refractivity contribution < 1.29 is 14.5 Å². The van der Waals surface area contributed by atoms with E-state index in [-0.39, 0.29) is 11.3 Å². The van der Waals surface area contributed by atoms with Gasteiger partial charge in [-0.25, -0.2) is 0 Å². The molecule has 3 rings (SSSR count). The molecule has 1 N–H and O–H groups in total. The maximum absolute atomic E-state index is 13.1. The van der Waals surface area contributed by atoms with Crippen molar-refractivity contribution in [3.8, 4) is 16.9 Å². The highest BCUT2D eigenvalue weighted by molar-refractivity contribution is 8.04. The molecule has 162 valence electrons. The summed E-state index contributed by atoms with van der Waals surface area (Å²) in [6, 6.07) is 15.5. The SMILES string of the molecule is COc1ccc(C#CSc2ccc([N+](=O)[O-])cc2C(=O)Nc2c(C)cccc2C)c(C)c1. The van der Waals surface area contributed by atoms with E-state index >= 15 is 0 Å². The number of thioether (sulfide) groups is 1. The number of hydrogen-bond donors (Lipinski definition) is 1. The van der Waals surface area contributed by atoms with Crippen LogP contribution in [0.2, 0.25) is 0 Å². The Bertz CT molecular complexity index is 1240. The number of methoxy groups -OCH3 is 1. The molecule has 6 nitrogen and oxygen atoms in total. The van der Waals surface area contributed by atoms with E-state index in [0.717, 1.165) is 39.8 Å². The van der Waals surface area contributed by atoms with Gasteiger partial charge in [0.1, 0.15) is 5.75 Å². The number of non-ortho nitro benzene ring substituents is 1. The highest BCUT2D eigenvalue weighted by Gasteiger charge is 2.18. The summed E-state index contributed by atoms with van der Waals surface area (Å²) < 4.78 is 5.21. The van der Waals surface area contributed by atoms with Crippen LogP contribution in [0.3, 0.4) is 0 Å². The molecular formula is C25H22N2O4S. The van der Waals surface area contributed by atoms with Gasteiger partial charge in [-0.2, -0.15) is 0 Å². The van der Waals surface area contributed by atoms with Gasteiger partial charge in [-0.15, -0.1) is 0 Å². The van der Waals surface area contributed by atoms with Crippen LogP contribution in [-0.4, -0.2) is 17.9 Å². The summed E-state index contributed by atoms with van der Waals surface area (Å²) in [5, 5.41) is 17.2. The summed E-state index contributed by atoms with van der Waals surface area (Å²) in [5.41, 5.74) is 4.36. The van der Waals surface area contributed by atoms with Crippen LogP contribution in [0.15, 0.2) is 59.5 Å². The topological polar surface area (TPSA) is 81.5 Å². The zero-order valence-electron chi connectivity index (χ0n) is 18.2. The number of hydrogen-bond acceptors (Lipinski definition) is 5. The van der Waals surface area contributed by atoms with Crippen molar-refractivity contribution >= 4 is 29.0 Å². The number of ether oxygens (including phenoxy) is 1. The largest absolute Gasteiger partial charge is 0.497 e. The van der Waals surface area contributed by atoms with Crippen molar-refractivity contribution in [2.45, 2.75) is 25.7 Å². The van der Waals surface area contributed by atoms with E-state index < -0.39 is 10.8 Å². The minimum Gasteiger partial charge on any atom is -0.497 e. The van der Waals surface area contributed by atoms with Gasteiger partial charge < -0.3 is 10.1 Å². The Balaban J connectivity index is 1.92. The lowest BCUT2D eigenvalue weighted by Gasteiger charge is -2.13. The molecule has 0 aliphatic heterocycles. The molecule has 0 radical (unpaired) electrons. The minimum absolute atomic E-state index is 0.153. The lowest BCUT2D eigenvalue weighted by Crippen LogP contribution is -2.15. The van der Waals surface area contributed by atoms with Crippen molar-refractivity contribution in [3.05, 3.63) is 92.5 Å². The Morgan fingerprint density at radius 2 is 1.75 bits per heavy atom. The summed E-state index contributed by atoms with van der Waals surface area (Å²) in [7, 11) is 1.61. The molecular weight excluding hydrogens is 424 g/mol. The Hall–Kier alpha value is -3.76. The molecule has 0 spiro atoms. The van der Waals surface area contributed by atoms with Crippen molar-refractivity contribution in [2.75, 3.05) is 12.4 Å². The summed E-state index contributed by atoms with van der Waals surface area (Å²) in [5.74, 6) is 3.41. The molecule has 32 heavy (non-hydrogen) atoms. The molecule has 0 aromatic heterocycles. The number of nitrogens with one attached hydrogen (secondary N) is 1. The zero-order valence-corrected chi connectivity index (χ0v) is 19.0. The van der Waals surface area contributed by atoms with E-state index in [1.54, 1.807) is 13.2 Å². The number of benzene rings is 3. The van der Waals surface area contributed by atoms with Crippen LogP contribution in [-0.2, 0) is 0 Å². The molecule has 3 aromatic carbocycles. The van der Waals surface area contributed by atoms with Gasteiger partial charge in [0.15, 0.2) is 0 Å². The van der Waals surface area contributed by atoms with Crippen LogP contribution in [0.1, 0.15) is 32.6 Å². The fraction of sp³-hybridized carbons (Fsp3) is 0.160. The predicted molar refractivity (Wildman–Crippen MR) is 127 cm³/mol. The van der Waals surface area contributed by atoms with Crippen molar-refractivity contribution in [1.29, 1.82) is 0 Å². The summed E-state index contributed by atoms with van der Waals surface area (Å²) in [6.45, 7) is 5.73. The third-order valence-electron chi connectivity index (χ3n) is 4.92. The van der Waals surface area contributed by atoms with E-state index in [1.807, 2.05) is 57.2 Å². The van der Waals surface area contributed by atoms with E-state index in [0.29, 0.717) is 10.6 Å². The highest BCUT2D eigenvalue weighted by Crippen LogP contribution is 2.28. The molecule has 0 saturated heterocycles. The van der Waals surface area contributed by atoms with Crippen LogP contribution in [0, 0.1) is 42.1 Å². The van der Waals surface area contributed by atoms with E-state index in [9.17, 15) is 14.9 Å². The number of nitro groups is 1. The Labute approximate surface area is 191 Å². The first-order valence-corrected chi connectivity index (χ1v) is 10.6. The standard InChI is InChI=1S/C25H22N2O4S/c1-16-6-5-7-17(2)24(16)26-25(28)22-15-20(27(29)30)9-11-23(22)32-13-12-19-8-10-21(31-4)14-18(19)3/h5-11,14-15H,1-4H3,(H,26,28). The summed E-state index contributed by atoms with van der Waals surface area (Å²) >= 11 is 1.15. The Morgan fingerprint density at radius 1 is 1.03 bits per heavy atom. The average Bonchev–Trinajstić information content (AvgIpc) is 2.77. The molecule has 0 atom stereocenters. The lowest BCUT2D eigenvalue weighted by molar-refractivity contribution is -0.384. The second-order valence-electron chi connectivity index (χ2n) is 7.17. The van der Waals surface area contributed by atoms with Crippen LogP contribution in [0.25, 0.3) is 0 Å². The quantitative estimate of drug-likeness (QED) is 0.229. The number of nitro benzene ring substituents is 1. The number of para-hydroxylation sites is 1. The first kappa shape index (κ1) is 22.9. The number of rotatable bonds is 5. The van der Waals surface area contributed by atoms with Gasteiger partial charge in [-0.05, 0) is 78.7 Å². The van der Waals surface area contributed by atoms with Gasteiger partial charge in [0.25, 0.3) is 11.6 Å². The van der Waals surface area contributed by atoms with Crippen LogP contribution in [0.4, 0.5) is 11.4 Å². The normalized spacial score (nSPS) is 10.1. The molecule has 0 bridgehead atoms. The van der Waals surface area contributed by atoms with Gasteiger partial charge in [0.2, 0.25) is 0 Å². The molecule has 7 heteroatoms. The smallest absolute Gasteiger partial charge is 0.270 e. The number of amides is 1. The number of nitrogens with zero attached hydrogens (tertiary/aromatic N) is 1. The second-order valence-corrected chi connectivity index (χ2v) is 8.02. The Kier molecular flexibility index (Phi) is 7.18. The number of carbonyl (C=O) groups excluding carboxylic acids is 1. The number of aryl methyl sites for hydroxylation is 3. The molecule has 3 aromatic rings. The molecule has 0 aliphatic rings. The van der Waals surface area contributed by atoms with Crippen LogP contribution >= 0.6 is 11.8 Å². The van der Waals surface area contributed by atoms with Crippen molar-refractivity contribution in [1.82, 2.24) is 0 Å². The third-order valence-corrected chi connectivity index (χ3v) is 5.70. The lowest BCUT2D eigenvalue weighted by atomic mass is 10.1. The molecule has 0 heterocycles. The number of carbonyl (C=O) groups is 1. The van der Waals surface area contributed by atoms with Gasteiger partial charge in [-0.3, -0.25) is 14.9 Å². The van der Waals surface area contributed by atoms with E-state index in [2.05, 4.69) is 16.5 Å². The first-order valence-electron chi connectivity index (χ1n) is 9.78. The monoisotopic (exact) mass is 446 g/mol. The maximum atomic E-state index is 13.1. The minimum atomic E-state index is -0.517. The summed E-state index contributed by atoms with van der Waals surface area (Å²) in [6.07, 6.45) is 0. The van der Waals surface area contributed by atoms with Gasteiger partial charge in [0.05, 0.1) is 17.6 Å². The summed E-state index contributed by atoms with van der Waals surface area (Å²) in [4.78, 5) is 24.4. The van der Waals surface area contributed by atoms with Gasteiger partial charge in [0, 0.05) is 28.3 Å². The number of anilines is 1. The highest BCUT2D eigenvalue weighted by atomic mass is 32.2. The fourth-order valence-electron chi connectivity index (χ4n) is 3.13. The van der Waals surface area contributed by atoms with Crippen LogP contribution < -0.4 is 10.1 Å². The second kappa shape index (κ2) is 10.0. The molecule has 0 fully saturated rings. The average molecular weight is 447 g/mol. The molecule has 0 aliphatic carbocycles. The van der Waals surface area contributed by atoms with Crippen molar-refractivity contribution in [3.63, 3.8) is 0 Å². The van der Waals surface area contributed by atoms with E-state index in [4.69, 9.17) is 4.74 Å². The fourth-order valence-corrected chi connectivity index (χ4v) is 3.80. The molecule has 0 saturated carbocycles. The third kappa shape index (κ3) is 5.29. The van der Waals surface area contributed by atoms with Gasteiger partial charge in [-0.1, -0.05) is 24.1 Å². The van der Waals surface area contributed by atoms with Crippen LogP contribution in [0.5, 0.6) is 5.75 Å². The molecule has 1 amide bonds.